The summed E-state index contributed by atoms with van der Waals surface area (Å²) in [5, 5.41) is 5.67. The van der Waals surface area contributed by atoms with Crippen molar-refractivity contribution in [1.82, 2.24) is 5.32 Å². The number of benzene rings is 2. The second kappa shape index (κ2) is 6.52. The van der Waals surface area contributed by atoms with E-state index in [9.17, 15) is 9.59 Å². The second-order valence-corrected chi connectivity index (χ2v) is 5.41. The molecule has 0 bridgehead atoms. The summed E-state index contributed by atoms with van der Waals surface area (Å²) in [6.07, 6.45) is 0.532. The average Bonchev–Trinajstić information content (AvgIpc) is 2.95. The Kier molecular flexibility index (Phi) is 4.28. The number of fused-ring (bicyclic) bond motifs is 1. The first-order valence-electron chi connectivity index (χ1n) is 7.71. The molecule has 5 heteroatoms. The highest BCUT2D eigenvalue weighted by Gasteiger charge is 2.38. The Morgan fingerprint density at radius 3 is 2.52 bits per heavy atom. The summed E-state index contributed by atoms with van der Waals surface area (Å²) in [5.74, 6) is -0.132. The number of carbonyl (C=O) groups excluding carboxylic acids is 2. The zero-order valence-corrected chi connectivity index (χ0v) is 13.0. The van der Waals surface area contributed by atoms with Gasteiger partial charge in [-0.15, -0.1) is 0 Å². The number of nitrogens with zero attached hydrogens (tertiary/aromatic N) is 1. The fourth-order valence-electron chi connectivity index (χ4n) is 2.84. The summed E-state index contributed by atoms with van der Waals surface area (Å²) in [6, 6.07) is 16.1. The third-order valence-electron chi connectivity index (χ3n) is 3.87. The Bertz CT molecular complexity index is 715. The van der Waals surface area contributed by atoms with Crippen molar-refractivity contribution in [2.24, 2.45) is 0 Å². The number of para-hydroxylation sites is 2. The van der Waals surface area contributed by atoms with Gasteiger partial charge >= 0.3 is 6.03 Å². The maximum absolute atomic E-state index is 12.7. The summed E-state index contributed by atoms with van der Waals surface area (Å²) in [6.45, 7) is 2.41. The Hall–Kier alpha value is -2.82. The molecule has 0 radical (unpaired) electrons. The molecule has 0 aliphatic carbocycles. The van der Waals surface area contributed by atoms with Crippen LogP contribution in [-0.4, -0.2) is 24.5 Å². The first-order chi connectivity index (χ1) is 11.2. The van der Waals surface area contributed by atoms with Crippen LogP contribution in [0.15, 0.2) is 54.6 Å². The van der Waals surface area contributed by atoms with Crippen LogP contribution < -0.4 is 15.5 Å². The van der Waals surface area contributed by atoms with Gasteiger partial charge in [-0.25, -0.2) is 4.79 Å². The Morgan fingerprint density at radius 2 is 1.78 bits per heavy atom. The maximum Gasteiger partial charge on any atom is 0.327 e. The normalized spacial score (nSPS) is 15.9. The zero-order valence-electron chi connectivity index (χ0n) is 13.0. The van der Waals surface area contributed by atoms with E-state index in [0.717, 1.165) is 11.3 Å². The lowest BCUT2D eigenvalue weighted by Gasteiger charge is -2.25. The largest absolute Gasteiger partial charge is 0.355 e. The third kappa shape index (κ3) is 3.04. The number of amides is 3. The number of rotatable bonds is 3. The van der Waals surface area contributed by atoms with E-state index < -0.39 is 6.04 Å². The number of anilines is 2. The van der Waals surface area contributed by atoms with E-state index in [1.165, 1.54) is 0 Å². The summed E-state index contributed by atoms with van der Waals surface area (Å²) in [5.41, 5.74) is 2.50. The fraction of sp³-hybridized carbons (Fsp3) is 0.222. The number of urea groups is 1. The molecule has 0 unspecified atom stereocenters. The van der Waals surface area contributed by atoms with Crippen molar-refractivity contribution < 1.29 is 9.59 Å². The van der Waals surface area contributed by atoms with Crippen LogP contribution in [0, 0.1) is 0 Å². The Balaban J connectivity index is 1.88. The van der Waals surface area contributed by atoms with Crippen molar-refractivity contribution in [3.05, 3.63) is 60.2 Å². The molecule has 1 aliphatic heterocycles. The Labute approximate surface area is 135 Å². The van der Waals surface area contributed by atoms with Gasteiger partial charge in [0.25, 0.3) is 0 Å². The highest BCUT2D eigenvalue weighted by atomic mass is 16.2. The second-order valence-electron chi connectivity index (χ2n) is 5.41. The van der Waals surface area contributed by atoms with Gasteiger partial charge in [0.05, 0.1) is 0 Å². The molecule has 1 heterocycles. The molecule has 2 aromatic rings. The van der Waals surface area contributed by atoms with Gasteiger partial charge in [-0.1, -0.05) is 36.4 Å². The van der Waals surface area contributed by atoms with Gasteiger partial charge in [-0.3, -0.25) is 9.69 Å². The van der Waals surface area contributed by atoms with Gasteiger partial charge in [-0.2, -0.15) is 0 Å². The van der Waals surface area contributed by atoms with Crippen LogP contribution in [0.5, 0.6) is 0 Å². The number of hydrogen-bond acceptors (Lipinski definition) is 2. The van der Waals surface area contributed by atoms with Crippen molar-refractivity contribution in [2.75, 3.05) is 16.8 Å². The van der Waals surface area contributed by atoms with Crippen molar-refractivity contribution in [2.45, 2.75) is 19.4 Å². The van der Waals surface area contributed by atoms with Crippen LogP contribution >= 0.6 is 0 Å². The van der Waals surface area contributed by atoms with Crippen LogP contribution in [0.3, 0.4) is 0 Å². The number of hydrogen-bond donors (Lipinski definition) is 2. The number of nitrogens with one attached hydrogen (secondary N) is 2. The SMILES string of the molecule is CCNC(=O)[C@@H]1Cc2ccccc2N1C(=O)Nc1ccccc1. The lowest BCUT2D eigenvalue weighted by Crippen LogP contribution is -2.49. The number of likely N-dealkylation sites (N-methyl/N-ethyl adjacent to an activating group) is 1. The van der Waals surface area contributed by atoms with Crippen molar-refractivity contribution in [3.8, 4) is 0 Å². The van der Waals surface area contributed by atoms with E-state index in [2.05, 4.69) is 10.6 Å². The van der Waals surface area contributed by atoms with Gasteiger partial charge in [0.2, 0.25) is 5.91 Å². The first-order valence-corrected chi connectivity index (χ1v) is 7.71. The topological polar surface area (TPSA) is 61.4 Å². The summed E-state index contributed by atoms with van der Waals surface area (Å²) < 4.78 is 0. The summed E-state index contributed by atoms with van der Waals surface area (Å²) >= 11 is 0. The highest BCUT2D eigenvalue weighted by molar-refractivity contribution is 6.08. The molecule has 2 aromatic carbocycles. The Morgan fingerprint density at radius 1 is 1.09 bits per heavy atom. The van der Waals surface area contributed by atoms with Crippen LogP contribution in [-0.2, 0) is 11.2 Å². The molecule has 3 rings (SSSR count). The van der Waals surface area contributed by atoms with E-state index in [-0.39, 0.29) is 11.9 Å². The molecule has 2 N–H and O–H groups in total. The summed E-state index contributed by atoms with van der Waals surface area (Å²) in [7, 11) is 0. The molecule has 0 saturated heterocycles. The lowest BCUT2D eigenvalue weighted by atomic mass is 10.1. The minimum Gasteiger partial charge on any atom is -0.355 e. The summed E-state index contributed by atoms with van der Waals surface area (Å²) in [4.78, 5) is 26.6. The van der Waals surface area contributed by atoms with Crippen LogP contribution in [0.1, 0.15) is 12.5 Å². The average molecular weight is 309 g/mol. The van der Waals surface area contributed by atoms with E-state index >= 15 is 0 Å². The molecule has 118 valence electrons. The minimum atomic E-state index is -0.518. The maximum atomic E-state index is 12.7. The third-order valence-corrected chi connectivity index (χ3v) is 3.87. The molecule has 0 fully saturated rings. The molecule has 0 spiro atoms. The van der Waals surface area contributed by atoms with Crippen LogP contribution in [0.4, 0.5) is 16.2 Å². The van der Waals surface area contributed by atoms with Crippen LogP contribution in [0.2, 0.25) is 0 Å². The molecule has 0 saturated carbocycles. The predicted octanol–water partition coefficient (Wildman–Crippen LogP) is 2.79. The monoisotopic (exact) mass is 309 g/mol. The quantitative estimate of drug-likeness (QED) is 0.916. The van der Waals surface area contributed by atoms with E-state index in [0.29, 0.717) is 18.7 Å². The fourth-order valence-corrected chi connectivity index (χ4v) is 2.84. The molecule has 3 amide bonds. The molecular weight excluding hydrogens is 290 g/mol. The van der Waals surface area contributed by atoms with Gasteiger partial charge in [0, 0.05) is 24.3 Å². The minimum absolute atomic E-state index is 0.132. The van der Waals surface area contributed by atoms with Crippen molar-refractivity contribution >= 4 is 23.3 Å². The smallest absolute Gasteiger partial charge is 0.327 e. The molecule has 5 nitrogen and oxygen atoms in total. The highest BCUT2D eigenvalue weighted by Crippen LogP contribution is 2.32. The molecular formula is C18H19N3O2. The van der Waals surface area contributed by atoms with Gasteiger partial charge in [-0.05, 0) is 30.7 Å². The van der Waals surface area contributed by atoms with Gasteiger partial charge in [0.15, 0.2) is 0 Å². The molecule has 1 atom stereocenters. The first kappa shape index (κ1) is 15.1. The van der Waals surface area contributed by atoms with E-state index in [1.807, 2.05) is 61.5 Å². The zero-order chi connectivity index (χ0) is 16.2. The van der Waals surface area contributed by atoms with Crippen molar-refractivity contribution in [3.63, 3.8) is 0 Å². The molecule has 23 heavy (non-hydrogen) atoms. The van der Waals surface area contributed by atoms with Gasteiger partial charge in [0.1, 0.15) is 6.04 Å². The molecule has 1 aliphatic rings. The predicted molar refractivity (Wildman–Crippen MR) is 90.6 cm³/mol. The van der Waals surface area contributed by atoms with E-state index in [1.54, 1.807) is 4.90 Å². The lowest BCUT2D eigenvalue weighted by molar-refractivity contribution is -0.122. The number of carbonyl (C=O) groups is 2. The standard InChI is InChI=1S/C18H19N3O2/c1-2-19-17(22)16-12-13-8-6-7-11-15(13)21(16)18(23)20-14-9-4-3-5-10-14/h3-11,16H,2,12H2,1H3,(H,19,22)(H,20,23)/t16-/m0/s1. The molecule has 0 aromatic heterocycles. The van der Waals surface area contributed by atoms with E-state index in [4.69, 9.17) is 0 Å². The van der Waals surface area contributed by atoms with Crippen molar-refractivity contribution in [1.29, 1.82) is 0 Å². The van der Waals surface area contributed by atoms with Gasteiger partial charge < -0.3 is 10.6 Å². The van der Waals surface area contributed by atoms with Crippen LogP contribution in [0.25, 0.3) is 0 Å².